The minimum absolute atomic E-state index is 0.971. The van der Waals surface area contributed by atoms with Crippen molar-refractivity contribution in [2.24, 2.45) is 0 Å². The van der Waals surface area contributed by atoms with E-state index in [4.69, 9.17) is 0 Å². The second kappa shape index (κ2) is 11.0. The van der Waals surface area contributed by atoms with Gasteiger partial charge in [0.1, 0.15) is 16.1 Å². The van der Waals surface area contributed by atoms with Crippen LogP contribution in [-0.2, 0) is 0 Å². The lowest BCUT2D eigenvalue weighted by Crippen LogP contribution is -2.16. The maximum Gasteiger partial charge on any atom is 0.129 e. The minimum Gasteiger partial charge on any atom is -0.127 e. The Morgan fingerprint density at radius 2 is 0.500 bits per heavy atom. The molecular formula is C32H30Si2. The standard InChI is InChI=1S/C32H30Si2/c1-33(2,3)25-23-31-19-15-29(16-20-31)13-11-27-7-9-28(10-8-27)12-14-30-17-21-32(22-18-30)24-26-34(4,5)6/h7-10,15-22H,1-6H3. The fourth-order valence-corrected chi connectivity index (χ4v) is 3.76. The molecule has 0 spiro atoms. The summed E-state index contributed by atoms with van der Waals surface area (Å²) in [6.45, 7) is 13.5. The molecule has 2 heteroatoms. The van der Waals surface area contributed by atoms with Crippen LogP contribution in [0.3, 0.4) is 0 Å². The molecule has 0 bridgehead atoms. The van der Waals surface area contributed by atoms with E-state index in [0.717, 1.165) is 33.4 Å². The van der Waals surface area contributed by atoms with Gasteiger partial charge in [-0.15, -0.1) is 11.1 Å². The Morgan fingerprint density at radius 3 is 0.676 bits per heavy atom. The summed E-state index contributed by atoms with van der Waals surface area (Å²) in [5, 5.41) is 0. The lowest BCUT2D eigenvalue weighted by molar-refractivity contribution is 1.57. The van der Waals surface area contributed by atoms with E-state index < -0.39 is 16.1 Å². The van der Waals surface area contributed by atoms with E-state index in [-0.39, 0.29) is 0 Å². The topological polar surface area (TPSA) is 0 Å². The quantitative estimate of drug-likeness (QED) is 0.246. The first kappa shape index (κ1) is 25.0. The lowest BCUT2D eigenvalue weighted by Gasteiger charge is -2.03. The predicted octanol–water partition coefficient (Wildman–Crippen LogP) is 6.94. The molecule has 0 N–H and O–H groups in total. The van der Waals surface area contributed by atoms with Crippen LogP contribution in [0, 0.1) is 46.6 Å². The van der Waals surface area contributed by atoms with Gasteiger partial charge in [-0.2, -0.15) is 0 Å². The predicted molar refractivity (Wildman–Crippen MR) is 152 cm³/mol. The summed E-state index contributed by atoms with van der Waals surface area (Å²) in [6.07, 6.45) is 0. The fraction of sp³-hybridized carbons (Fsp3) is 0.188. The maximum absolute atomic E-state index is 3.39. The Kier molecular flexibility index (Phi) is 8.05. The molecule has 3 aromatic carbocycles. The molecule has 34 heavy (non-hydrogen) atoms. The lowest BCUT2D eigenvalue weighted by atomic mass is 10.1. The van der Waals surface area contributed by atoms with Crippen molar-refractivity contribution in [2.75, 3.05) is 0 Å². The summed E-state index contributed by atoms with van der Waals surface area (Å²) in [5.74, 6) is 19.5. The van der Waals surface area contributed by atoms with Gasteiger partial charge in [0, 0.05) is 33.4 Å². The normalized spacial score (nSPS) is 10.3. The van der Waals surface area contributed by atoms with Crippen molar-refractivity contribution in [1.82, 2.24) is 0 Å². The highest BCUT2D eigenvalue weighted by molar-refractivity contribution is 6.84. The van der Waals surface area contributed by atoms with Crippen molar-refractivity contribution in [3.8, 4) is 46.6 Å². The van der Waals surface area contributed by atoms with Crippen molar-refractivity contribution in [2.45, 2.75) is 39.3 Å². The average Bonchev–Trinajstić information content (AvgIpc) is 2.80. The largest absolute Gasteiger partial charge is 0.129 e. The molecule has 0 aliphatic carbocycles. The van der Waals surface area contributed by atoms with Gasteiger partial charge in [0.05, 0.1) is 0 Å². The number of rotatable bonds is 0. The van der Waals surface area contributed by atoms with Crippen molar-refractivity contribution in [3.05, 3.63) is 106 Å². The molecule has 0 aliphatic heterocycles. The summed E-state index contributed by atoms with van der Waals surface area (Å²) in [7, 11) is -2.71. The first-order valence-electron chi connectivity index (χ1n) is 11.5. The molecule has 0 unspecified atom stereocenters. The number of hydrogen-bond donors (Lipinski definition) is 0. The van der Waals surface area contributed by atoms with Crippen molar-refractivity contribution < 1.29 is 0 Å². The SMILES string of the molecule is C[Si](C)(C)C#Cc1ccc(C#Cc2ccc(C#Cc3ccc(C#C[Si](C)(C)C)cc3)cc2)cc1. The van der Waals surface area contributed by atoms with Crippen molar-refractivity contribution in [3.63, 3.8) is 0 Å². The Bertz CT molecular complexity index is 1270. The van der Waals surface area contributed by atoms with E-state index >= 15 is 0 Å². The molecule has 3 aromatic rings. The molecule has 0 atom stereocenters. The smallest absolute Gasteiger partial charge is 0.127 e. The maximum atomic E-state index is 3.39. The minimum atomic E-state index is -1.36. The van der Waals surface area contributed by atoms with E-state index in [0.29, 0.717) is 0 Å². The highest BCUT2D eigenvalue weighted by atomic mass is 28.3. The summed E-state index contributed by atoms with van der Waals surface area (Å²) in [4.78, 5) is 0. The van der Waals surface area contributed by atoms with Crippen LogP contribution in [-0.4, -0.2) is 16.1 Å². The highest BCUT2D eigenvalue weighted by Gasteiger charge is 2.08. The van der Waals surface area contributed by atoms with Crippen molar-refractivity contribution >= 4 is 16.1 Å². The van der Waals surface area contributed by atoms with Crippen LogP contribution in [0.4, 0.5) is 0 Å². The van der Waals surface area contributed by atoms with E-state index in [1.165, 1.54) is 0 Å². The van der Waals surface area contributed by atoms with Gasteiger partial charge in [-0.3, -0.25) is 0 Å². The van der Waals surface area contributed by atoms with Gasteiger partial charge >= 0.3 is 0 Å². The van der Waals surface area contributed by atoms with Gasteiger partial charge in [0.2, 0.25) is 0 Å². The van der Waals surface area contributed by atoms with E-state index in [1.54, 1.807) is 0 Å². The molecule has 0 saturated carbocycles. The van der Waals surface area contributed by atoms with E-state index in [1.807, 2.05) is 72.8 Å². The molecule has 0 nitrogen and oxygen atoms in total. The first-order chi connectivity index (χ1) is 16.1. The monoisotopic (exact) mass is 470 g/mol. The second-order valence-corrected chi connectivity index (χ2v) is 19.7. The Balaban J connectivity index is 1.64. The van der Waals surface area contributed by atoms with E-state index in [2.05, 4.69) is 85.9 Å². The first-order valence-corrected chi connectivity index (χ1v) is 18.5. The molecule has 0 fully saturated rings. The third-order valence-corrected chi connectivity index (χ3v) is 6.27. The number of hydrogen-bond acceptors (Lipinski definition) is 0. The van der Waals surface area contributed by atoms with Gasteiger partial charge in [-0.1, -0.05) is 74.8 Å². The van der Waals surface area contributed by atoms with Crippen molar-refractivity contribution in [1.29, 1.82) is 0 Å². The third kappa shape index (κ3) is 9.06. The van der Waals surface area contributed by atoms with Crippen LogP contribution >= 0.6 is 0 Å². The third-order valence-electron chi connectivity index (χ3n) is 4.52. The Labute approximate surface area is 207 Å². The molecule has 0 saturated heterocycles. The zero-order valence-corrected chi connectivity index (χ0v) is 22.9. The van der Waals surface area contributed by atoms with Crippen LogP contribution in [0.5, 0.6) is 0 Å². The second-order valence-electron chi connectivity index (χ2n) is 10.2. The zero-order chi connectivity index (χ0) is 24.6. The van der Waals surface area contributed by atoms with Crippen LogP contribution in [0.15, 0.2) is 72.8 Å². The summed E-state index contributed by atoms with van der Waals surface area (Å²) in [6, 6.07) is 24.3. The highest BCUT2D eigenvalue weighted by Crippen LogP contribution is 2.07. The molecule has 0 aliphatic rings. The molecule has 0 radical (unpaired) electrons. The summed E-state index contributed by atoms with van der Waals surface area (Å²) >= 11 is 0. The van der Waals surface area contributed by atoms with Gasteiger partial charge in [-0.05, 0) is 72.8 Å². The Hall–Kier alpha value is -3.67. The molecule has 166 valence electrons. The molecule has 0 heterocycles. The molecule has 0 amide bonds. The van der Waals surface area contributed by atoms with Gasteiger partial charge in [-0.25, -0.2) is 0 Å². The summed E-state index contributed by atoms with van der Waals surface area (Å²) < 4.78 is 0. The number of benzene rings is 3. The Morgan fingerprint density at radius 1 is 0.324 bits per heavy atom. The molecular weight excluding hydrogens is 441 g/mol. The zero-order valence-electron chi connectivity index (χ0n) is 20.9. The van der Waals surface area contributed by atoms with E-state index in [9.17, 15) is 0 Å². The van der Waals surface area contributed by atoms with Gasteiger partial charge in [0.15, 0.2) is 0 Å². The van der Waals surface area contributed by atoms with Gasteiger partial charge < -0.3 is 0 Å². The van der Waals surface area contributed by atoms with Crippen LogP contribution in [0.2, 0.25) is 39.3 Å². The van der Waals surface area contributed by atoms with Crippen LogP contribution < -0.4 is 0 Å². The summed E-state index contributed by atoms with van der Waals surface area (Å²) in [5.41, 5.74) is 12.8. The van der Waals surface area contributed by atoms with Crippen LogP contribution in [0.1, 0.15) is 33.4 Å². The molecule has 0 aromatic heterocycles. The van der Waals surface area contributed by atoms with Crippen LogP contribution in [0.25, 0.3) is 0 Å². The fourth-order valence-electron chi connectivity index (χ4n) is 2.72. The average molecular weight is 471 g/mol. The van der Waals surface area contributed by atoms with Gasteiger partial charge in [0.25, 0.3) is 0 Å². The molecule has 3 rings (SSSR count).